The molecular formula is C58H43N3. The van der Waals surface area contributed by atoms with Crippen LogP contribution in [0.25, 0.3) is 94.6 Å². The van der Waals surface area contributed by atoms with E-state index in [0.29, 0.717) is 0 Å². The quantitative estimate of drug-likeness (QED) is 0.174. The molecule has 3 nitrogen and oxygen atoms in total. The summed E-state index contributed by atoms with van der Waals surface area (Å²) in [5.74, 6) is 0.875. The van der Waals surface area contributed by atoms with Crippen LogP contribution >= 0.6 is 0 Å². The van der Waals surface area contributed by atoms with E-state index in [0.717, 1.165) is 50.5 Å². The summed E-state index contributed by atoms with van der Waals surface area (Å²) < 4.78 is 2.31. The van der Waals surface area contributed by atoms with Gasteiger partial charge in [0.25, 0.3) is 0 Å². The van der Waals surface area contributed by atoms with Crippen LogP contribution in [-0.4, -0.2) is 14.5 Å². The van der Waals surface area contributed by atoms with Gasteiger partial charge in [0.15, 0.2) is 0 Å². The highest BCUT2D eigenvalue weighted by molar-refractivity contribution is 5.97. The van der Waals surface area contributed by atoms with E-state index in [1.165, 1.54) is 66.4 Å². The highest BCUT2D eigenvalue weighted by Crippen LogP contribution is 2.52. The molecule has 0 unspecified atom stereocenters. The van der Waals surface area contributed by atoms with Gasteiger partial charge < -0.3 is 0 Å². The third-order valence-corrected chi connectivity index (χ3v) is 13.6. The Morgan fingerprint density at radius 3 is 1.56 bits per heavy atom. The SMILES string of the molecule is CC1(C)c2ccccc2-c2cc(-c3cc(-c4ccc5c(c4)-c4ccccc4C5(C)C)cc(-c4nc5c(-c6ccc7ccccc7c6)nccc5n4-c4ccccc4)c3)ccc21. The fraction of sp³-hybridized carbons (Fsp3) is 0.103. The molecule has 0 atom stereocenters. The summed E-state index contributed by atoms with van der Waals surface area (Å²) in [6.45, 7) is 9.38. The van der Waals surface area contributed by atoms with Gasteiger partial charge in [-0.2, -0.15) is 0 Å². The van der Waals surface area contributed by atoms with Crippen molar-refractivity contribution in [1.82, 2.24) is 14.5 Å². The molecule has 0 N–H and O–H groups in total. The lowest BCUT2D eigenvalue weighted by atomic mass is 9.82. The molecule has 0 aliphatic heterocycles. The minimum Gasteiger partial charge on any atom is -0.292 e. The lowest BCUT2D eigenvalue weighted by Crippen LogP contribution is -2.14. The van der Waals surface area contributed by atoms with Crippen LogP contribution < -0.4 is 0 Å². The second-order valence-electron chi connectivity index (χ2n) is 17.9. The fourth-order valence-corrected chi connectivity index (χ4v) is 10.5. The van der Waals surface area contributed by atoms with Crippen molar-refractivity contribution in [3.8, 4) is 72.8 Å². The average Bonchev–Trinajstić information content (AvgIpc) is 3.89. The van der Waals surface area contributed by atoms with Crippen LogP contribution in [0.15, 0.2) is 188 Å². The van der Waals surface area contributed by atoms with E-state index in [-0.39, 0.29) is 10.8 Å². The van der Waals surface area contributed by atoms with E-state index in [4.69, 9.17) is 9.97 Å². The van der Waals surface area contributed by atoms with Gasteiger partial charge >= 0.3 is 0 Å². The van der Waals surface area contributed by atoms with Crippen LogP contribution in [0.5, 0.6) is 0 Å². The number of para-hydroxylation sites is 1. The van der Waals surface area contributed by atoms with E-state index in [2.05, 4.69) is 214 Å². The van der Waals surface area contributed by atoms with E-state index in [9.17, 15) is 0 Å². The molecule has 61 heavy (non-hydrogen) atoms. The Balaban J connectivity index is 1.11. The monoisotopic (exact) mass is 781 g/mol. The van der Waals surface area contributed by atoms with E-state index >= 15 is 0 Å². The normalized spacial score (nSPS) is 14.2. The molecular weight excluding hydrogens is 739 g/mol. The van der Waals surface area contributed by atoms with Crippen molar-refractivity contribution in [2.45, 2.75) is 38.5 Å². The molecule has 0 saturated heterocycles. The van der Waals surface area contributed by atoms with Crippen molar-refractivity contribution >= 4 is 21.8 Å². The van der Waals surface area contributed by atoms with Crippen molar-refractivity contribution in [3.63, 3.8) is 0 Å². The number of rotatable bonds is 5. The van der Waals surface area contributed by atoms with Gasteiger partial charge in [-0.15, -0.1) is 0 Å². The molecule has 0 radical (unpaired) electrons. The summed E-state index contributed by atoms with van der Waals surface area (Å²) in [5, 5.41) is 2.38. The Morgan fingerprint density at radius 2 is 0.918 bits per heavy atom. The Labute approximate surface area is 356 Å². The van der Waals surface area contributed by atoms with E-state index in [1.54, 1.807) is 0 Å². The number of pyridine rings is 1. The van der Waals surface area contributed by atoms with Crippen LogP contribution in [0.1, 0.15) is 49.9 Å². The first-order valence-corrected chi connectivity index (χ1v) is 21.3. The molecule has 2 aromatic heterocycles. The van der Waals surface area contributed by atoms with Gasteiger partial charge in [-0.05, 0) is 132 Å². The Morgan fingerprint density at radius 1 is 0.393 bits per heavy atom. The van der Waals surface area contributed by atoms with Crippen LogP contribution in [-0.2, 0) is 10.8 Å². The highest BCUT2D eigenvalue weighted by atomic mass is 15.1. The van der Waals surface area contributed by atoms with Crippen molar-refractivity contribution in [2.24, 2.45) is 0 Å². The van der Waals surface area contributed by atoms with Gasteiger partial charge in [0.2, 0.25) is 0 Å². The van der Waals surface area contributed by atoms with Gasteiger partial charge in [-0.3, -0.25) is 9.55 Å². The van der Waals surface area contributed by atoms with Gasteiger partial charge in [0.1, 0.15) is 11.3 Å². The molecule has 10 aromatic rings. The summed E-state index contributed by atoms with van der Waals surface area (Å²) in [6.07, 6.45) is 1.92. The zero-order chi connectivity index (χ0) is 41.0. The summed E-state index contributed by atoms with van der Waals surface area (Å²) >= 11 is 0. The minimum atomic E-state index is -0.0662. The lowest BCUT2D eigenvalue weighted by Gasteiger charge is -2.21. The second-order valence-corrected chi connectivity index (χ2v) is 17.9. The molecule has 0 amide bonds. The van der Waals surface area contributed by atoms with Gasteiger partial charge in [-0.1, -0.05) is 155 Å². The first kappa shape index (κ1) is 35.6. The maximum absolute atomic E-state index is 5.60. The third kappa shape index (κ3) is 5.36. The lowest BCUT2D eigenvalue weighted by molar-refractivity contribution is 0.660. The van der Waals surface area contributed by atoms with E-state index < -0.39 is 0 Å². The average molecular weight is 782 g/mol. The molecule has 0 fully saturated rings. The molecule has 2 aliphatic carbocycles. The van der Waals surface area contributed by atoms with Gasteiger partial charge in [-0.25, -0.2) is 4.98 Å². The predicted molar refractivity (Wildman–Crippen MR) is 253 cm³/mol. The smallest absolute Gasteiger partial charge is 0.145 e. The molecule has 2 heterocycles. The topological polar surface area (TPSA) is 30.7 Å². The Hall–Kier alpha value is -7.36. The predicted octanol–water partition coefficient (Wildman–Crippen LogP) is 14.9. The maximum atomic E-state index is 5.60. The Kier molecular flexibility index (Phi) is 7.62. The zero-order valence-electron chi connectivity index (χ0n) is 34.7. The molecule has 12 rings (SSSR count). The number of aromatic nitrogens is 3. The Bertz CT molecular complexity index is 3300. The highest BCUT2D eigenvalue weighted by Gasteiger charge is 2.36. The van der Waals surface area contributed by atoms with E-state index in [1.807, 2.05) is 6.20 Å². The van der Waals surface area contributed by atoms with Crippen molar-refractivity contribution in [1.29, 1.82) is 0 Å². The molecule has 3 heteroatoms. The molecule has 0 bridgehead atoms. The minimum absolute atomic E-state index is 0.0662. The van der Waals surface area contributed by atoms with Crippen molar-refractivity contribution < 1.29 is 0 Å². The van der Waals surface area contributed by atoms with Crippen LogP contribution in [0.4, 0.5) is 0 Å². The van der Waals surface area contributed by atoms with Crippen LogP contribution in [0.2, 0.25) is 0 Å². The standard InChI is InChI=1S/C58H43N3/c1-57(2)49-20-12-10-18-45(49)47-34-38(24-26-51(47)57)41-31-42(39-25-27-52-48(35-39)46-19-11-13-21-50(46)58(52,3)4)33-43(32-41)56-60-55-53(61(56)44-16-6-5-7-17-44)28-29-59-54(55)40-23-22-36-14-8-9-15-37(36)30-40/h5-35H,1-4H3. The first-order valence-electron chi connectivity index (χ1n) is 21.3. The fourth-order valence-electron chi connectivity index (χ4n) is 10.5. The van der Waals surface area contributed by atoms with Crippen LogP contribution in [0, 0.1) is 0 Å². The number of benzene rings is 8. The molecule has 290 valence electrons. The van der Waals surface area contributed by atoms with Gasteiger partial charge in [0, 0.05) is 33.8 Å². The van der Waals surface area contributed by atoms with Crippen LogP contribution in [0.3, 0.4) is 0 Å². The first-order chi connectivity index (χ1) is 29.7. The number of hydrogen-bond donors (Lipinski definition) is 0. The van der Waals surface area contributed by atoms with Crippen molar-refractivity contribution in [2.75, 3.05) is 0 Å². The second kappa shape index (κ2) is 13.1. The number of hydrogen-bond acceptors (Lipinski definition) is 2. The summed E-state index contributed by atoms with van der Waals surface area (Å²) in [5.41, 5.74) is 21.2. The molecule has 0 saturated carbocycles. The zero-order valence-corrected chi connectivity index (χ0v) is 34.7. The van der Waals surface area contributed by atoms with Gasteiger partial charge in [0.05, 0.1) is 11.2 Å². The van der Waals surface area contributed by atoms with Crippen molar-refractivity contribution in [3.05, 3.63) is 210 Å². The number of fused-ring (bicyclic) bond motifs is 8. The third-order valence-electron chi connectivity index (χ3n) is 13.6. The molecule has 8 aromatic carbocycles. The number of nitrogens with zero attached hydrogens (tertiary/aromatic N) is 3. The maximum Gasteiger partial charge on any atom is 0.145 e. The molecule has 2 aliphatic rings. The number of imidazole rings is 1. The molecule has 0 spiro atoms. The summed E-state index contributed by atoms with van der Waals surface area (Å²) in [7, 11) is 0. The largest absolute Gasteiger partial charge is 0.292 e. The summed E-state index contributed by atoms with van der Waals surface area (Å²) in [6, 6.07) is 66.8. The summed E-state index contributed by atoms with van der Waals surface area (Å²) in [4.78, 5) is 10.6.